The van der Waals surface area contributed by atoms with E-state index in [1.165, 1.54) is 75.8 Å². The first-order chi connectivity index (χ1) is 34.7. The Bertz CT molecular complexity index is 4070. The molecule has 0 bridgehead atoms. The van der Waals surface area contributed by atoms with Gasteiger partial charge in [0.15, 0.2) is 0 Å². The van der Waals surface area contributed by atoms with Crippen LogP contribution in [0.5, 0.6) is 0 Å². The van der Waals surface area contributed by atoms with Crippen molar-refractivity contribution in [1.29, 1.82) is 0 Å². The highest BCUT2D eigenvalue weighted by molar-refractivity contribution is 7.25. The van der Waals surface area contributed by atoms with E-state index >= 15 is 0 Å². The molecule has 11 aromatic carbocycles. The molecule has 0 radical (unpaired) electrons. The van der Waals surface area contributed by atoms with Gasteiger partial charge in [-0.2, -0.15) is 0 Å². The van der Waals surface area contributed by atoms with Gasteiger partial charge >= 0.3 is 0 Å². The van der Waals surface area contributed by atoms with Crippen molar-refractivity contribution in [3.05, 3.63) is 283 Å². The molecular weight excluding hydrogens is 867 g/mol. The van der Waals surface area contributed by atoms with Crippen LogP contribution in [0.15, 0.2) is 265 Å². The van der Waals surface area contributed by atoms with Gasteiger partial charge in [0, 0.05) is 47.9 Å². The molecule has 0 saturated carbocycles. The van der Waals surface area contributed by atoms with E-state index in [4.69, 9.17) is 4.42 Å². The summed E-state index contributed by atoms with van der Waals surface area (Å²) in [7, 11) is 0. The highest BCUT2D eigenvalue weighted by Crippen LogP contribution is 2.59. The van der Waals surface area contributed by atoms with Gasteiger partial charge in [0.1, 0.15) is 11.2 Å². The van der Waals surface area contributed by atoms with E-state index < -0.39 is 5.41 Å². The van der Waals surface area contributed by atoms with Crippen molar-refractivity contribution >= 4 is 70.5 Å². The average Bonchev–Trinajstić information content (AvgIpc) is 4.10. The molecule has 0 amide bonds. The number of para-hydroxylation sites is 1. The second kappa shape index (κ2) is 16.2. The van der Waals surface area contributed by atoms with E-state index in [1.807, 2.05) is 23.5 Å². The van der Waals surface area contributed by atoms with Crippen LogP contribution in [0.25, 0.3) is 86.6 Å². The van der Waals surface area contributed by atoms with Crippen LogP contribution in [0.3, 0.4) is 0 Å². The number of anilines is 3. The van der Waals surface area contributed by atoms with Crippen LogP contribution in [0.4, 0.5) is 17.1 Å². The van der Waals surface area contributed by atoms with Gasteiger partial charge in [0.2, 0.25) is 0 Å². The summed E-state index contributed by atoms with van der Waals surface area (Å²) in [5.74, 6) is 0. The summed E-state index contributed by atoms with van der Waals surface area (Å²) in [6.07, 6.45) is 0. The molecule has 328 valence electrons. The first-order valence-corrected chi connectivity index (χ1v) is 24.8. The number of furan rings is 1. The van der Waals surface area contributed by atoms with Crippen LogP contribution < -0.4 is 4.90 Å². The summed E-state index contributed by atoms with van der Waals surface area (Å²) in [4.78, 5) is 2.46. The Labute approximate surface area is 410 Å². The van der Waals surface area contributed by atoms with E-state index in [-0.39, 0.29) is 0 Å². The van der Waals surface area contributed by atoms with Gasteiger partial charge in [-0.05, 0) is 134 Å². The van der Waals surface area contributed by atoms with Crippen molar-refractivity contribution < 1.29 is 4.42 Å². The first kappa shape index (κ1) is 40.3. The predicted octanol–water partition coefficient (Wildman–Crippen LogP) is 18.8. The van der Waals surface area contributed by atoms with E-state index in [0.29, 0.717) is 0 Å². The molecule has 2 aromatic heterocycles. The fourth-order valence-electron chi connectivity index (χ4n) is 11.4. The number of nitrogens with zero attached hydrogens (tertiary/aromatic N) is 1. The second-order valence-corrected chi connectivity index (χ2v) is 19.4. The number of hydrogen-bond acceptors (Lipinski definition) is 3. The Kier molecular flexibility index (Phi) is 9.33. The minimum atomic E-state index is -0.522. The molecule has 0 aliphatic heterocycles. The first-order valence-electron chi connectivity index (χ1n) is 24.0. The summed E-state index contributed by atoms with van der Waals surface area (Å²) in [6.45, 7) is 0. The standard InChI is InChI=1S/C67H43NOS/c1-3-17-50(18-4-1)67(51-19-5-2-6-20-51)59-24-10-7-23-56(59)66-60(67)25-14-26-61(66)68(53-37-31-45(32-38-53)48-33-39-63-57(42-48)54-21-8-11-27-62(54)69-63)52-35-29-44(30-36-52)46-15-13-16-47(41-46)49-34-40-65-58(43-49)55-22-9-12-28-64(55)70-65/h1-43H. The summed E-state index contributed by atoms with van der Waals surface area (Å²) in [5, 5.41) is 4.89. The Morgan fingerprint density at radius 1 is 0.329 bits per heavy atom. The lowest BCUT2D eigenvalue weighted by Crippen LogP contribution is -2.28. The van der Waals surface area contributed by atoms with Gasteiger partial charge in [0.25, 0.3) is 0 Å². The maximum absolute atomic E-state index is 6.20. The fraction of sp³-hybridized carbons (Fsp3) is 0.0149. The number of hydrogen-bond donors (Lipinski definition) is 0. The van der Waals surface area contributed by atoms with Crippen molar-refractivity contribution in [3.8, 4) is 44.5 Å². The van der Waals surface area contributed by atoms with Gasteiger partial charge in [0.05, 0.1) is 11.1 Å². The zero-order valence-corrected chi connectivity index (χ0v) is 38.9. The fourth-order valence-corrected chi connectivity index (χ4v) is 12.5. The van der Waals surface area contributed by atoms with E-state index in [2.05, 4.69) is 254 Å². The maximum Gasteiger partial charge on any atom is 0.135 e. The molecule has 14 rings (SSSR count). The van der Waals surface area contributed by atoms with Crippen LogP contribution in [0, 0.1) is 0 Å². The molecule has 0 unspecified atom stereocenters. The molecular formula is C67H43NOS. The molecule has 2 nitrogen and oxygen atoms in total. The molecule has 0 saturated heterocycles. The number of thiophene rings is 1. The molecule has 2 heterocycles. The molecule has 0 fully saturated rings. The van der Waals surface area contributed by atoms with Crippen molar-refractivity contribution in [2.45, 2.75) is 5.41 Å². The molecule has 1 aliphatic carbocycles. The van der Waals surface area contributed by atoms with Crippen molar-refractivity contribution in [2.24, 2.45) is 0 Å². The monoisotopic (exact) mass is 909 g/mol. The number of rotatable bonds is 8. The third kappa shape index (κ3) is 6.32. The zero-order chi connectivity index (χ0) is 46.2. The topological polar surface area (TPSA) is 16.4 Å². The van der Waals surface area contributed by atoms with Crippen molar-refractivity contribution in [1.82, 2.24) is 0 Å². The maximum atomic E-state index is 6.20. The lowest BCUT2D eigenvalue weighted by molar-refractivity contribution is 0.669. The second-order valence-electron chi connectivity index (χ2n) is 18.4. The summed E-state index contributed by atoms with van der Waals surface area (Å²) >= 11 is 1.86. The molecule has 0 N–H and O–H groups in total. The van der Waals surface area contributed by atoms with Gasteiger partial charge in [-0.25, -0.2) is 0 Å². The van der Waals surface area contributed by atoms with E-state index in [0.717, 1.165) is 50.1 Å². The van der Waals surface area contributed by atoms with Crippen LogP contribution in [0.1, 0.15) is 22.3 Å². The van der Waals surface area contributed by atoms with Gasteiger partial charge in [-0.3, -0.25) is 0 Å². The van der Waals surface area contributed by atoms with E-state index in [9.17, 15) is 0 Å². The van der Waals surface area contributed by atoms with Gasteiger partial charge in [-0.1, -0.05) is 188 Å². The number of fused-ring (bicyclic) bond motifs is 9. The molecule has 70 heavy (non-hydrogen) atoms. The molecule has 0 atom stereocenters. The summed E-state index contributed by atoms with van der Waals surface area (Å²) < 4.78 is 8.85. The Morgan fingerprint density at radius 2 is 0.843 bits per heavy atom. The SMILES string of the molecule is c1ccc(C2(c3ccccc3)c3ccccc3-c3c(N(c4ccc(-c5cccc(-c6ccc7sc8ccccc8c7c6)c5)cc4)c4ccc(-c5ccc6oc7ccccc7c6c5)cc4)cccc32)cc1. The molecule has 13 aromatic rings. The Hall–Kier alpha value is -8.76. The predicted molar refractivity (Wildman–Crippen MR) is 295 cm³/mol. The number of benzene rings is 11. The third-order valence-electron chi connectivity index (χ3n) is 14.6. The quantitative estimate of drug-likeness (QED) is 0.151. The zero-order valence-electron chi connectivity index (χ0n) is 38.1. The van der Waals surface area contributed by atoms with E-state index in [1.54, 1.807) is 0 Å². The van der Waals surface area contributed by atoms with Crippen molar-refractivity contribution in [2.75, 3.05) is 4.90 Å². The molecule has 1 aliphatic rings. The lowest BCUT2D eigenvalue weighted by Gasteiger charge is -2.34. The smallest absolute Gasteiger partial charge is 0.135 e. The van der Waals surface area contributed by atoms with Gasteiger partial charge < -0.3 is 9.32 Å². The minimum absolute atomic E-state index is 0.522. The largest absolute Gasteiger partial charge is 0.456 e. The van der Waals surface area contributed by atoms with Crippen molar-refractivity contribution in [3.63, 3.8) is 0 Å². The summed E-state index contributed by atoms with van der Waals surface area (Å²) in [6, 6.07) is 95.7. The Balaban J connectivity index is 0.915. The van der Waals surface area contributed by atoms with Crippen LogP contribution in [0.2, 0.25) is 0 Å². The van der Waals surface area contributed by atoms with Crippen LogP contribution in [-0.4, -0.2) is 0 Å². The molecule has 0 spiro atoms. The highest BCUT2D eigenvalue weighted by atomic mass is 32.1. The third-order valence-corrected chi connectivity index (χ3v) is 15.7. The van der Waals surface area contributed by atoms with Gasteiger partial charge in [-0.15, -0.1) is 11.3 Å². The van der Waals surface area contributed by atoms with Crippen LogP contribution in [-0.2, 0) is 5.41 Å². The average molecular weight is 910 g/mol. The highest BCUT2D eigenvalue weighted by Gasteiger charge is 2.47. The minimum Gasteiger partial charge on any atom is -0.456 e. The summed E-state index contributed by atoms with van der Waals surface area (Å²) in [5.41, 5.74) is 19.2. The Morgan fingerprint density at radius 3 is 1.59 bits per heavy atom. The molecule has 3 heteroatoms. The lowest BCUT2D eigenvalue weighted by atomic mass is 9.68. The normalized spacial score (nSPS) is 12.7. The van der Waals surface area contributed by atoms with Crippen LogP contribution >= 0.6 is 11.3 Å².